The quantitative estimate of drug-likeness (QED) is 0.761. The number of benzene rings is 2. The summed E-state index contributed by atoms with van der Waals surface area (Å²) in [6, 6.07) is 17.1. The third kappa shape index (κ3) is 2.74. The molecule has 1 aliphatic carbocycles. The average molecular weight is 304 g/mol. The van der Waals surface area contributed by atoms with Crippen LogP contribution >= 0.6 is 0 Å². The minimum absolute atomic E-state index is 0.336. The maximum atomic E-state index is 5.27. The number of aromatic nitrogens is 1. The van der Waals surface area contributed by atoms with Crippen LogP contribution in [0, 0.1) is 6.92 Å². The molecular formula is C20H20N2O. The van der Waals surface area contributed by atoms with Gasteiger partial charge in [-0.2, -0.15) is 0 Å². The molecule has 0 fully saturated rings. The number of hydrogen-bond acceptors (Lipinski definition) is 3. The zero-order chi connectivity index (χ0) is 15.6. The SMILES string of the molecule is Cc1ccc2c(c1)CCC2c1nocc1NCc1ccccc1. The van der Waals surface area contributed by atoms with Crippen molar-refractivity contribution in [2.75, 3.05) is 5.32 Å². The van der Waals surface area contributed by atoms with Crippen molar-refractivity contribution in [3.05, 3.63) is 82.7 Å². The first-order valence-electron chi connectivity index (χ1n) is 8.13. The molecule has 0 spiro atoms. The highest BCUT2D eigenvalue weighted by molar-refractivity contribution is 5.53. The Labute approximate surface area is 136 Å². The lowest BCUT2D eigenvalue weighted by molar-refractivity contribution is 0.408. The van der Waals surface area contributed by atoms with Gasteiger partial charge in [-0.3, -0.25) is 0 Å². The van der Waals surface area contributed by atoms with Crippen LogP contribution in [0.1, 0.15) is 40.3 Å². The second-order valence-corrected chi connectivity index (χ2v) is 6.25. The summed E-state index contributed by atoms with van der Waals surface area (Å²) >= 11 is 0. The van der Waals surface area contributed by atoms with Gasteiger partial charge >= 0.3 is 0 Å². The largest absolute Gasteiger partial charge is 0.377 e. The van der Waals surface area contributed by atoms with Crippen LogP contribution in [-0.2, 0) is 13.0 Å². The van der Waals surface area contributed by atoms with E-state index in [4.69, 9.17) is 4.52 Å². The third-order valence-electron chi connectivity index (χ3n) is 4.63. The predicted octanol–water partition coefficient (Wildman–Crippen LogP) is 4.67. The maximum absolute atomic E-state index is 5.27. The molecule has 1 unspecified atom stereocenters. The van der Waals surface area contributed by atoms with Crippen LogP contribution in [0.5, 0.6) is 0 Å². The fourth-order valence-corrected chi connectivity index (χ4v) is 3.45. The molecule has 0 saturated heterocycles. The van der Waals surface area contributed by atoms with Crippen molar-refractivity contribution in [2.45, 2.75) is 32.2 Å². The van der Waals surface area contributed by atoms with Gasteiger partial charge in [0.1, 0.15) is 12.0 Å². The zero-order valence-electron chi connectivity index (χ0n) is 13.3. The lowest BCUT2D eigenvalue weighted by Crippen LogP contribution is -2.04. The predicted molar refractivity (Wildman–Crippen MR) is 91.6 cm³/mol. The van der Waals surface area contributed by atoms with Crippen molar-refractivity contribution in [2.24, 2.45) is 0 Å². The van der Waals surface area contributed by atoms with E-state index >= 15 is 0 Å². The molecule has 3 heteroatoms. The van der Waals surface area contributed by atoms with Gasteiger partial charge in [-0.05, 0) is 36.5 Å². The van der Waals surface area contributed by atoms with E-state index in [0.29, 0.717) is 5.92 Å². The molecule has 0 amide bonds. The minimum atomic E-state index is 0.336. The molecular weight excluding hydrogens is 284 g/mol. The standard InChI is InChI=1S/C20H20N2O/c1-14-7-9-17-16(11-14)8-10-18(17)20-19(13-23-22-20)21-12-15-5-3-2-4-6-15/h2-7,9,11,13,18,21H,8,10,12H2,1H3. The Kier molecular flexibility index (Phi) is 3.62. The van der Waals surface area contributed by atoms with Crippen LogP contribution < -0.4 is 5.32 Å². The van der Waals surface area contributed by atoms with Crippen LogP contribution in [-0.4, -0.2) is 5.16 Å². The molecule has 1 N–H and O–H groups in total. The number of aryl methyl sites for hydroxylation is 2. The van der Waals surface area contributed by atoms with Gasteiger partial charge in [0.05, 0.1) is 5.69 Å². The Morgan fingerprint density at radius 1 is 1.17 bits per heavy atom. The molecule has 116 valence electrons. The molecule has 23 heavy (non-hydrogen) atoms. The van der Waals surface area contributed by atoms with E-state index in [2.05, 4.69) is 59.9 Å². The van der Waals surface area contributed by atoms with E-state index in [1.54, 1.807) is 6.26 Å². The van der Waals surface area contributed by atoms with E-state index in [9.17, 15) is 0 Å². The second-order valence-electron chi connectivity index (χ2n) is 6.25. The fourth-order valence-electron chi connectivity index (χ4n) is 3.45. The molecule has 1 heterocycles. The first-order chi connectivity index (χ1) is 11.3. The number of anilines is 1. The summed E-state index contributed by atoms with van der Waals surface area (Å²) in [6.07, 6.45) is 3.95. The minimum Gasteiger partial charge on any atom is -0.377 e. The average Bonchev–Trinajstić information content (AvgIpc) is 3.19. The lowest BCUT2D eigenvalue weighted by Gasteiger charge is -2.12. The Bertz CT molecular complexity index is 808. The summed E-state index contributed by atoms with van der Waals surface area (Å²) in [4.78, 5) is 0. The first-order valence-corrected chi connectivity index (χ1v) is 8.13. The highest BCUT2D eigenvalue weighted by Crippen LogP contribution is 2.40. The van der Waals surface area contributed by atoms with Crippen LogP contribution in [0.4, 0.5) is 5.69 Å². The Balaban J connectivity index is 1.57. The van der Waals surface area contributed by atoms with Gasteiger partial charge in [0.15, 0.2) is 0 Å². The summed E-state index contributed by atoms with van der Waals surface area (Å²) in [5.74, 6) is 0.336. The monoisotopic (exact) mass is 304 g/mol. The smallest absolute Gasteiger partial charge is 0.147 e. The molecule has 2 aromatic carbocycles. The number of fused-ring (bicyclic) bond motifs is 1. The summed E-state index contributed by atoms with van der Waals surface area (Å²) in [5.41, 5.74) is 7.46. The van der Waals surface area contributed by atoms with Gasteiger partial charge in [-0.15, -0.1) is 0 Å². The van der Waals surface area contributed by atoms with Gasteiger partial charge in [-0.25, -0.2) is 0 Å². The maximum Gasteiger partial charge on any atom is 0.147 e. The van der Waals surface area contributed by atoms with E-state index in [1.807, 2.05) is 6.07 Å². The number of hydrogen-bond donors (Lipinski definition) is 1. The van der Waals surface area contributed by atoms with E-state index in [0.717, 1.165) is 30.8 Å². The van der Waals surface area contributed by atoms with Crippen molar-refractivity contribution in [1.82, 2.24) is 5.16 Å². The van der Waals surface area contributed by atoms with Crippen molar-refractivity contribution in [3.63, 3.8) is 0 Å². The van der Waals surface area contributed by atoms with Crippen LogP contribution in [0.15, 0.2) is 59.3 Å². The Morgan fingerprint density at radius 3 is 2.91 bits per heavy atom. The summed E-state index contributed by atoms with van der Waals surface area (Å²) in [6.45, 7) is 2.93. The molecule has 0 radical (unpaired) electrons. The number of nitrogens with zero attached hydrogens (tertiary/aromatic N) is 1. The van der Waals surface area contributed by atoms with Crippen molar-refractivity contribution >= 4 is 5.69 Å². The number of rotatable bonds is 4. The van der Waals surface area contributed by atoms with Gasteiger partial charge < -0.3 is 9.84 Å². The third-order valence-corrected chi connectivity index (χ3v) is 4.63. The van der Waals surface area contributed by atoms with E-state index in [-0.39, 0.29) is 0 Å². The lowest BCUT2D eigenvalue weighted by atomic mass is 9.96. The Morgan fingerprint density at radius 2 is 2.04 bits per heavy atom. The summed E-state index contributed by atoms with van der Waals surface area (Å²) in [7, 11) is 0. The zero-order valence-corrected chi connectivity index (χ0v) is 13.3. The van der Waals surface area contributed by atoms with Gasteiger partial charge in [0, 0.05) is 12.5 Å². The molecule has 0 bridgehead atoms. The molecule has 0 saturated carbocycles. The van der Waals surface area contributed by atoms with Crippen LogP contribution in [0.2, 0.25) is 0 Å². The van der Waals surface area contributed by atoms with Crippen molar-refractivity contribution < 1.29 is 4.52 Å². The van der Waals surface area contributed by atoms with E-state index in [1.165, 1.54) is 22.3 Å². The summed E-state index contributed by atoms with van der Waals surface area (Å²) in [5, 5.41) is 7.77. The highest BCUT2D eigenvalue weighted by atomic mass is 16.5. The van der Waals surface area contributed by atoms with Crippen LogP contribution in [0.25, 0.3) is 0 Å². The Hall–Kier alpha value is -2.55. The fraction of sp³-hybridized carbons (Fsp3) is 0.250. The molecule has 0 aliphatic heterocycles. The van der Waals surface area contributed by atoms with Crippen molar-refractivity contribution in [3.8, 4) is 0 Å². The first kappa shape index (κ1) is 14.1. The van der Waals surface area contributed by atoms with Crippen molar-refractivity contribution in [1.29, 1.82) is 0 Å². The van der Waals surface area contributed by atoms with Crippen LogP contribution in [0.3, 0.4) is 0 Å². The molecule has 1 aromatic heterocycles. The summed E-state index contributed by atoms with van der Waals surface area (Å²) < 4.78 is 5.27. The van der Waals surface area contributed by atoms with Gasteiger partial charge in [-0.1, -0.05) is 59.3 Å². The molecule has 1 aliphatic rings. The highest BCUT2D eigenvalue weighted by Gasteiger charge is 2.28. The topological polar surface area (TPSA) is 38.1 Å². The van der Waals surface area contributed by atoms with Gasteiger partial charge in [0.2, 0.25) is 0 Å². The molecule has 4 rings (SSSR count). The second kappa shape index (κ2) is 5.92. The van der Waals surface area contributed by atoms with Gasteiger partial charge in [0.25, 0.3) is 0 Å². The molecule has 3 aromatic rings. The van der Waals surface area contributed by atoms with E-state index < -0.39 is 0 Å². The number of nitrogens with one attached hydrogen (secondary N) is 1. The molecule has 3 nitrogen and oxygen atoms in total. The molecule has 1 atom stereocenters. The normalized spacial score (nSPS) is 16.3.